The number of nitrogens with two attached hydrogens (primary N) is 1. The molecule has 0 unspecified atom stereocenters. The van der Waals surface area contributed by atoms with Crippen LogP contribution >= 0.6 is 11.6 Å². The molecule has 90 valence electrons. The van der Waals surface area contributed by atoms with E-state index in [-0.39, 0.29) is 0 Å². The molecule has 0 aliphatic heterocycles. The number of hydrogen-bond donors (Lipinski definition) is 1. The fraction of sp³-hybridized carbons (Fsp3) is 0.308. The van der Waals surface area contributed by atoms with Crippen LogP contribution in [0, 0.1) is 0 Å². The van der Waals surface area contributed by atoms with Crippen molar-refractivity contribution >= 4 is 17.3 Å². The van der Waals surface area contributed by atoms with Gasteiger partial charge in [-0.05, 0) is 24.1 Å². The average Bonchev–Trinajstić information content (AvgIpc) is 2.64. The Bertz CT molecular complexity index is 544. The van der Waals surface area contributed by atoms with Gasteiger partial charge in [0.2, 0.25) is 0 Å². The summed E-state index contributed by atoms with van der Waals surface area (Å²) in [6.45, 7) is 4.24. The Hall–Kier alpha value is -1.48. The second kappa shape index (κ2) is 4.41. The van der Waals surface area contributed by atoms with Gasteiger partial charge in [0.1, 0.15) is 0 Å². The lowest BCUT2D eigenvalue weighted by Crippen LogP contribution is -1.95. The Morgan fingerprint density at radius 3 is 2.65 bits per heavy atom. The number of aryl methyl sites for hydroxylation is 1. The van der Waals surface area contributed by atoms with Crippen molar-refractivity contribution in [2.45, 2.75) is 19.8 Å². The molecule has 0 spiro atoms. The lowest BCUT2D eigenvalue weighted by Gasteiger charge is -2.08. The topological polar surface area (TPSA) is 43.8 Å². The van der Waals surface area contributed by atoms with E-state index in [1.165, 1.54) is 0 Å². The zero-order chi connectivity index (χ0) is 12.6. The largest absolute Gasteiger partial charge is 0.398 e. The first-order valence-corrected chi connectivity index (χ1v) is 5.95. The molecule has 1 heterocycles. The van der Waals surface area contributed by atoms with Crippen LogP contribution in [0.3, 0.4) is 0 Å². The molecule has 0 saturated heterocycles. The molecule has 0 amide bonds. The number of nitrogen functional groups attached to an aromatic ring is 1. The molecule has 2 N–H and O–H groups in total. The van der Waals surface area contributed by atoms with E-state index in [1.807, 2.05) is 30.1 Å². The number of nitrogens with zero attached hydrogens (tertiary/aromatic N) is 2. The first-order chi connectivity index (χ1) is 7.99. The standard InChI is InChI=1S/C13H16ClN3/c1-8(2)13-11(7-17(3)16-13)10-6-9(14)4-5-12(10)15/h4-8H,15H2,1-3H3. The molecule has 0 atom stereocenters. The summed E-state index contributed by atoms with van der Waals surface area (Å²) in [7, 11) is 1.91. The third-order valence-electron chi connectivity index (χ3n) is 2.71. The highest BCUT2D eigenvalue weighted by molar-refractivity contribution is 6.31. The smallest absolute Gasteiger partial charge is 0.0728 e. The fourth-order valence-electron chi connectivity index (χ4n) is 1.90. The molecule has 0 aliphatic rings. The molecule has 4 heteroatoms. The van der Waals surface area contributed by atoms with Crippen molar-refractivity contribution in [2.75, 3.05) is 5.73 Å². The summed E-state index contributed by atoms with van der Waals surface area (Å²) < 4.78 is 1.81. The van der Waals surface area contributed by atoms with Crippen molar-refractivity contribution in [1.29, 1.82) is 0 Å². The Kier molecular flexibility index (Phi) is 3.11. The molecular weight excluding hydrogens is 234 g/mol. The third kappa shape index (κ3) is 2.29. The van der Waals surface area contributed by atoms with E-state index >= 15 is 0 Å². The fourth-order valence-corrected chi connectivity index (χ4v) is 2.07. The van der Waals surface area contributed by atoms with Gasteiger partial charge in [-0.2, -0.15) is 5.10 Å². The monoisotopic (exact) mass is 249 g/mol. The van der Waals surface area contributed by atoms with Crippen LogP contribution in [-0.2, 0) is 7.05 Å². The van der Waals surface area contributed by atoms with Gasteiger partial charge in [0.05, 0.1) is 5.69 Å². The maximum Gasteiger partial charge on any atom is 0.0728 e. The van der Waals surface area contributed by atoms with Gasteiger partial charge < -0.3 is 5.73 Å². The van der Waals surface area contributed by atoms with Crippen molar-refractivity contribution in [3.05, 3.63) is 35.1 Å². The van der Waals surface area contributed by atoms with Crippen LogP contribution in [0.1, 0.15) is 25.5 Å². The number of benzene rings is 1. The molecule has 3 nitrogen and oxygen atoms in total. The van der Waals surface area contributed by atoms with Gasteiger partial charge >= 0.3 is 0 Å². The zero-order valence-corrected chi connectivity index (χ0v) is 11.0. The molecule has 2 aromatic rings. The molecule has 0 aliphatic carbocycles. The molecule has 2 rings (SSSR count). The van der Waals surface area contributed by atoms with Gasteiger partial charge in [-0.25, -0.2) is 0 Å². The van der Waals surface area contributed by atoms with E-state index in [4.69, 9.17) is 17.3 Å². The van der Waals surface area contributed by atoms with Gasteiger partial charge in [0, 0.05) is 35.1 Å². The predicted molar refractivity (Wildman–Crippen MR) is 72.2 cm³/mol. The molecule has 0 fully saturated rings. The molecule has 1 aromatic carbocycles. The minimum atomic E-state index is 0.351. The predicted octanol–water partition coefficient (Wildman–Crippen LogP) is 3.45. The first-order valence-electron chi connectivity index (χ1n) is 5.58. The average molecular weight is 250 g/mol. The molecule has 0 saturated carbocycles. The van der Waals surface area contributed by atoms with Gasteiger partial charge in [-0.3, -0.25) is 4.68 Å². The summed E-state index contributed by atoms with van der Waals surface area (Å²) in [5, 5.41) is 5.16. The second-order valence-corrected chi connectivity index (χ2v) is 4.92. The maximum absolute atomic E-state index is 6.02. The molecule has 0 bridgehead atoms. The van der Waals surface area contributed by atoms with Crippen molar-refractivity contribution in [3.63, 3.8) is 0 Å². The highest BCUT2D eigenvalue weighted by Crippen LogP contribution is 2.33. The molecular formula is C13H16ClN3. The summed E-state index contributed by atoms with van der Waals surface area (Å²) in [5.41, 5.74) is 9.78. The van der Waals surface area contributed by atoms with Crippen LogP contribution in [0.25, 0.3) is 11.1 Å². The van der Waals surface area contributed by atoms with Crippen LogP contribution < -0.4 is 5.73 Å². The minimum Gasteiger partial charge on any atom is -0.398 e. The van der Waals surface area contributed by atoms with Crippen molar-refractivity contribution < 1.29 is 0 Å². The van der Waals surface area contributed by atoms with Crippen molar-refractivity contribution in [3.8, 4) is 11.1 Å². The summed E-state index contributed by atoms with van der Waals surface area (Å²) in [4.78, 5) is 0. The van der Waals surface area contributed by atoms with Gasteiger partial charge in [-0.15, -0.1) is 0 Å². The lowest BCUT2D eigenvalue weighted by molar-refractivity contribution is 0.713. The quantitative estimate of drug-likeness (QED) is 0.829. The van der Waals surface area contributed by atoms with E-state index in [9.17, 15) is 0 Å². The summed E-state index contributed by atoms with van der Waals surface area (Å²) >= 11 is 6.02. The zero-order valence-electron chi connectivity index (χ0n) is 10.2. The van der Waals surface area contributed by atoms with Gasteiger partial charge in [-0.1, -0.05) is 25.4 Å². The summed E-state index contributed by atoms with van der Waals surface area (Å²) in [5.74, 6) is 0.351. The Labute approximate surface area is 106 Å². The number of hydrogen-bond acceptors (Lipinski definition) is 2. The number of aromatic nitrogens is 2. The molecule has 1 aromatic heterocycles. The van der Waals surface area contributed by atoms with Crippen LogP contribution in [0.4, 0.5) is 5.69 Å². The molecule has 17 heavy (non-hydrogen) atoms. The SMILES string of the molecule is CC(C)c1nn(C)cc1-c1cc(Cl)ccc1N. The number of rotatable bonds is 2. The highest BCUT2D eigenvalue weighted by atomic mass is 35.5. The number of halogens is 1. The van der Waals surface area contributed by atoms with E-state index in [2.05, 4.69) is 18.9 Å². The normalized spacial score (nSPS) is 11.1. The lowest BCUT2D eigenvalue weighted by atomic mass is 9.99. The Morgan fingerprint density at radius 1 is 1.29 bits per heavy atom. The summed E-state index contributed by atoms with van der Waals surface area (Å²) in [6.07, 6.45) is 1.98. The van der Waals surface area contributed by atoms with Crippen molar-refractivity contribution in [1.82, 2.24) is 9.78 Å². The summed E-state index contributed by atoms with van der Waals surface area (Å²) in [6, 6.07) is 5.51. The van der Waals surface area contributed by atoms with E-state index < -0.39 is 0 Å². The first kappa shape index (κ1) is 12.0. The molecule has 0 radical (unpaired) electrons. The van der Waals surface area contributed by atoms with E-state index in [1.54, 1.807) is 6.07 Å². The second-order valence-electron chi connectivity index (χ2n) is 4.49. The minimum absolute atomic E-state index is 0.351. The van der Waals surface area contributed by atoms with Crippen LogP contribution in [0.5, 0.6) is 0 Å². The van der Waals surface area contributed by atoms with E-state index in [0.717, 1.165) is 22.5 Å². The Morgan fingerprint density at radius 2 is 2.00 bits per heavy atom. The highest BCUT2D eigenvalue weighted by Gasteiger charge is 2.15. The number of anilines is 1. The Balaban J connectivity index is 2.63. The maximum atomic E-state index is 6.02. The third-order valence-corrected chi connectivity index (χ3v) is 2.94. The van der Waals surface area contributed by atoms with Gasteiger partial charge in [0.15, 0.2) is 0 Å². The van der Waals surface area contributed by atoms with E-state index in [0.29, 0.717) is 10.9 Å². The van der Waals surface area contributed by atoms with Crippen LogP contribution in [0.15, 0.2) is 24.4 Å². The van der Waals surface area contributed by atoms with Crippen LogP contribution in [-0.4, -0.2) is 9.78 Å². The van der Waals surface area contributed by atoms with Crippen LogP contribution in [0.2, 0.25) is 5.02 Å². The van der Waals surface area contributed by atoms with Crippen molar-refractivity contribution in [2.24, 2.45) is 7.05 Å². The van der Waals surface area contributed by atoms with Gasteiger partial charge in [0.25, 0.3) is 0 Å².